The molecule has 2 saturated carbocycles. The zero-order valence-corrected chi connectivity index (χ0v) is 13.7. The lowest BCUT2D eigenvalue weighted by Gasteiger charge is -2.48. The molecule has 1 atom stereocenters. The molecule has 2 aliphatic carbocycles. The lowest BCUT2D eigenvalue weighted by molar-refractivity contribution is -0.299. The SMILES string of the molecule is CN(C=C1CC1)C(=O)C1CCCN1C(=O)C1(C(F)(F)F)CC(F)(F)C1. The zero-order valence-electron chi connectivity index (χ0n) is 13.7. The van der Waals surface area contributed by atoms with E-state index in [0.717, 1.165) is 23.3 Å². The predicted molar refractivity (Wildman–Crippen MR) is 77.5 cm³/mol. The van der Waals surface area contributed by atoms with Crippen LogP contribution in [0.25, 0.3) is 0 Å². The number of halogens is 5. The first-order valence-electron chi connectivity index (χ1n) is 8.19. The Kier molecular flexibility index (Phi) is 4.11. The van der Waals surface area contributed by atoms with Crippen molar-refractivity contribution in [3.8, 4) is 0 Å². The maximum atomic E-state index is 13.4. The van der Waals surface area contributed by atoms with Crippen molar-refractivity contribution in [1.29, 1.82) is 0 Å². The summed E-state index contributed by atoms with van der Waals surface area (Å²) in [6, 6.07) is -1.03. The van der Waals surface area contributed by atoms with Crippen LogP contribution in [-0.2, 0) is 9.59 Å². The molecule has 0 aromatic carbocycles. The monoisotopic (exact) mass is 366 g/mol. The molecule has 0 bridgehead atoms. The van der Waals surface area contributed by atoms with Crippen LogP contribution in [0.1, 0.15) is 38.5 Å². The van der Waals surface area contributed by atoms with Crippen LogP contribution in [0.4, 0.5) is 22.0 Å². The first kappa shape index (κ1) is 18.1. The fourth-order valence-electron chi connectivity index (χ4n) is 3.62. The lowest BCUT2D eigenvalue weighted by atomic mass is 9.64. The van der Waals surface area contributed by atoms with Gasteiger partial charge in [-0.3, -0.25) is 9.59 Å². The summed E-state index contributed by atoms with van der Waals surface area (Å²) in [5, 5.41) is 0. The highest BCUT2D eigenvalue weighted by Gasteiger charge is 2.74. The van der Waals surface area contributed by atoms with E-state index in [2.05, 4.69) is 0 Å². The van der Waals surface area contributed by atoms with Crippen molar-refractivity contribution < 1.29 is 31.5 Å². The van der Waals surface area contributed by atoms with Gasteiger partial charge in [0.25, 0.3) is 5.92 Å². The Hall–Kier alpha value is -1.67. The normalized spacial score (nSPS) is 26.9. The molecular formula is C16H19F5N2O2. The Bertz CT molecular complexity index is 615. The van der Waals surface area contributed by atoms with E-state index < -0.39 is 48.2 Å². The van der Waals surface area contributed by atoms with Gasteiger partial charge >= 0.3 is 6.18 Å². The molecule has 0 aromatic rings. The molecular weight excluding hydrogens is 347 g/mol. The Balaban J connectivity index is 1.80. The minimum Gasteiger partial charge on any atom is -0.330 e. The maximum absolute atomic E-state index is 13.4. The van der Waals surface area contributed by atoms with Crippen molar-refractivity contribution in [2.45, 2.75) is 56.7 Å². The summed E-state index contributed by atoms with van der Waals surface area (Å²) in [5.41, 5.74) is -2.02. The Morgan fingerprint density at radius 1 is 1.24 bits per heavy atom. The average molecular weight is 366 g/mol. The van der Waals surface area contributed by atoms with E-state index in [-0.39, 0.29) is 13.0 Å². The number of carbonyl (C=O) groups excluding carboxylic acids is 2. The van der Waals surface area contributed by atoms with E-state index >= 15 is 0 Å². The largest absolute Gasteiger partial charge is 0.403 e. The van der Waals surface area contributed by atoms with Crippen molar-refractivity contribution in [1.82, 2.24) is 9.80 Å². The highest BCUT2D eigenvalue weighted by Crippen LogP contribution is 2.61. The summed E-state index contributed by atoms with van der Waals surface area (Å²) < 4.78 is 66.5. The smallest absolute Gasteiger partial charge is 0.330 e. The predicted octanol–water partition coefficient (Wildman–Crippen LogP) is 3.09. The fourth-order valence-corrected chi connectivity index (χ4v) is 3.62. The topological polar surface area (TPSA) is 40.6 Å². The maximum Gasteiger partial charge on any atom is 0.403 e. The fraction of sp³-hybridized carbons (Fsp3) is 0.750. The van der Waals surface area contributed by atoms with Crippen LogP contribution in [0, 0.1) is 5.41 Å². The Labute approximate surface area is 141 Å². The van der Waals surface area contributed by atoms with E-state index in [0.29, 0.717) is 6.42 Å². The molecule has 0 aromatic heterocycles. The van der Waals surface area contributed by atoms with Gasteiger partial charge in [0.15, 0.2) is 5.41 Å². The molecule has 3 aliphatic rings. The van der Waals surface area contributed by atoms with Crippen molar-refractivity contribution in [2.75, 3.05) is 13.6 Å². The van der Waals surface area contributed by atoms with Crippen LogP contribution in [-0.4, -0.2) is 53.3 Å². The summed E-state index contributed by atoms with van der Waals surface area (Å²) in [4.78, 5) is 27.2. The molecule has 4 nitrogen and oxygen atoms in total. The zero-order chi connectivity index (χ0) is 18.6. The van der Waals surface area contributed by atoms with Crippen LogP contribution in [0.5, 0.6) is 0 Å². The third kappa shape index (κ3) is 3.13. The number of likely N-dealkylation sites (N-methyl/N-ethyl adjacent to an activating group) is 1. The highest BCUT2D eigenvalue weighted by atomic mass is 19.4. The van der Waals surface area contributed by atoms with E-state index in [9.17, 15) is 31.5 Å². The van der Waals surface area contributed by atoms with Crippen LogP contribution in [0.3, 0.4) is 0 Å². The van der Waals surface area contributed by atoms with Crippen molar-refractivity contribution in [3.05, 3.63) is 11.8 Å². The van der Waals surface area contributed by atoms with Crippen molar-refractivity contribution in [2.24, 2.45) is 5.41 Å². The van der Waals surface area contributed by atoms with Gasteiger partial charge in [0, 0.05) is 32.6 Å². The van der Waals surface area contributed by atoms with Gasteiger partial charge in [-0.1, -0.05) is 5.57 Å². The number of alkyl halides is 5. The average Bonchev–Trinajstić information content (AvgIpc) is 3.14. The molecule has 9 heteroatoms. The molecule has 0 N–H and O–H groups in total. The first-order valence-corrected chi connectivity index (χ1v) is 8.19. The summed E-state index contributed by atoms with van der Waals surface area (Å²) in [7, 11) is 1.49. The van der Waals surface area contributed by atoms with Crippen molar-refractivity contribution >= 4 is 11.8 Å². The summed E-state index contributed by atoms with van der Waals surface area (Å²) >= 11 is 0. The molecule has 140 valence electrons. The highest BCUT2D eigenvalue weighted by molar-refractivity contribution is 5.92. The van der Waals surface area contributed by atoms with Crippen LogP contribution >= 0.6 is 0 Å². The lowest BCUT2D eigenvalue weighted by Crippen LogP contribution is -2.64. The van der Waals surface area contributed by atoms with Gasteiger partial charge in [-0.25, -0.2) is 8.78 Å². The number of hydrogen-bond acceptors (Lipinski definition) is 2. The van der Waals surface area contributed by atoms with Gasteiger partial charge < -0.3 is 9.80 Å². The molecule has 3 rings (SSSR count). The second-order valence-electron chi connectivity index (χ2n) is 7.18. The molecule has 2 amide bonds. The number of nitrogens with zero attached hydrogens (tertiary/aromatic N) is 2. The van der Waals surface area contributed by atoms with E-state index in [1.54, 1.807) is 6.20 Å². The van der Waals surface area contributed by atoms with Gasteiger partial charge in [0.1, 0.15) is 6.04 Å². The third-order valence-corrected chi connectivity index (χ3v) is 5.13. The van der Waals surface area contributed by atoms with E-state index in [4.69, 9.17) is 0 Å². The molecule has 0 spiro atoms. The van der Waals surface area contributed by atoms with E-state index in [1.807, 2.05) is 0 Å². The quantitative estimate of drug-likeness (QED) is 0.721. The molecule has 1 heterocycles. The molecule has 1 aliphatic heterocycles. The summed E-state index contributed by atoms with van der Waals surface area (Å²) in [6.45, 7) is -0.0247. The standard InChI is InChI=1S/C16H19F5N2O2/c1-22(7-10-4-5-10)12(24)11-3-2-6-23(11)13(25)14(16(19,20)21)8-15(17,18)9-14/h7,11H,2-6,8-9H2,1H3. The third-order valence-electron chi connectivity index (χ3n) is 5.13. The molecule has 0 radical (unpaired) electrons. The Morgan fingerprint density at radius 3 is 2.32 bits per heavy atom. The molecule has 1 unspecified atom stereocenters. The number of hydrogen-bond donors (Lipinski definition) is 0. The van der Waals surface area contributed by atoms with Gasteiger partial charge in [0.05, 0.1) is 0 Å². The number of rotatable bonds is 3. The summed E-state index contributed by atoms with van der Waals surface area (Å²) in [5.74, 6) is -5.37. The Morgan fingerprint density at radius 2 is 1.84 bits per heavy atom. The first-order chi connectivity index (χ1) is 11.5. The number of allylic oxidation sites excluding steroid dienone is 1. The second-order valence-corrected chi connectivity index (χ2v) is 7.18. The minimum atomic E-state index is -5.07. The number of amides is 2. The van der Waals surface area contributed by atoms with Crippen LogP contribution < -0.4 is 0 Å². The van der Waals surface area contributed by atoms with Gasteiger partial charge in [-0.15, -0.1) is 0 Å². The van der Waals surface area contributed by atoms with E-state index in [1.165, 1.54) is 11.9 Å². The van der Waals surface area contributed by atoms with Gasteiger partial charge in [-0.2, -0.15) is 13.2 Å². The summed E-state index contributed by atoms with van der Waals surface area (Å²) in [6.07, 6.45) is -4.17. The van der Waals surface area contributed by atoms with Crippen LogP contribution in [0.2, 0.25) is 0 Å². The van der Waals surface area contributed by atoms with Crippen LogP contribution in [0.15, 0.2) is 11.8 Å². The number of carbonyl (C=O) groups is 2. The number of likely N-dealkylation sites (tertiary alicyclic amines) is 1. The molecule has 1 saturated heterocycles. The molecule has 3 fully saturated rings. The van der Waals surface area contributed by atoms with Crippen molar-refractivity contribution in [3.63, 3.8) is 0 Å². The minimum absolute atomic E-state index is 0.0247. The van der Waals surface area contributed by atoms with Gasteiger partial charge in [0.2, 0.25) is 11.8 Å². The second kappa shape index (κ2) is 5.67. The molecule has 25 heavy (non-hydrogen) atoms. The van der Waals surface area contributed by atoms with Gasteiger partial charge in [-0.05, 0) is 25.7 Å².